The van der Waals surface area contributed by atoms with E-state index < -0.39 is 0 Å². The lowest BCUT2D eigenvalue weighted by atomic mass is 9.76. The van der Waals surface area contributed by atoms with Gasteiger partial charge in [-0.25, -0.2) is 0 Å². The van der Waals surface area contributed by atoms with E-state index in [2.05, 4.69) is 67.8 Å². The summed E-state index contributed by atoms with van der Waals surface area (Å²) in [7, 11) is 3.72. The number of halogens is 1. The molecule has 0 radical (unpaired) electrons. The third-order valence-corrected chi connectivity index (χ3v) is 5.73. The highest BCUT2D eigenvalue weighted by Crippen LogP contribution is 2.38. The summed E-state index contributed by atoms with van der Waals surface area (Å²) in [5, 5.41) is 7.54. The lowest BCUT2D eigenvalue weighted by Crippen LogP contribution is -2.29. The molecule has 0 heterocycles. The largest absolute Gasteiger partial charge is 0.500 e. The summed E-state index contributed by atoms with van der Waals surface area (Å²) in [4.78, 5) is 0. The maximum atomic E-state index is 6.28. The normalized spacial score (nSPS) is 19.4. The Morgan fingerprint density at radius 3 is 2.74 bits per heavy atom. The first-order valence-electron chi connectivity index (χ1n) is 9.80. The molecule has 0 saturated heterocycles. The molecule has 0 aliphatic heterocycles. The van der Waals surface area contributed by atoms with Crippen molar-refractivity contribution in [2.45, 2.75) is 51.5 Å². The molecule has 1 aromatic rings. The molecular formula is C23H33ClN2O. The fraction of sp³-hybridized carbons (Fsp3) is 0.478. The Kier molecular flexibility index (Phi) is 8.00. The Labute approximate surface area is 169 Å². The zero-order valence-corrected chi connectivity index (χ0v) is 18.0. The van der Waals surface area contributed by atoms with E-state index in [0.717, 1.165) is 47.8 Å². The Hall–Kier alpha value is -1.71. The SMILES string of the molecule is CCNC1C=CC(/C=C/CC(C)(CC)c2cc(Cl)ccc2NC)=C(OC)C1. The summed E-state index contributed by atoms with van der Waals surface area (Å²) in [6.07, 6.45) is 11.7. The molecule has 0 bridgehead atoms. The zero-order chi connectivity index (χ0) is 19.9. The third kappa shape index (κ3) is 5.40. The van der Waals surface area contributed by atoms with E-state index in [-0.39, 0.29) is 5.41 Å². The van der Waals surface area contributed by atoms with Crippen LogP contribution in [0.5, 0.6) is 0 Å². The number of hydrogen-bond acceptors (Lipinski definition) is 3. The maximum Gasteiger partial charge on any atom is 0.105 e. The minimum Gasteiger partial charge on any atom is -0.500 e. The van der Waals surface area contributed by atoms with Crippen molar-refractivity contribution in [1.82, 2.24) is 5.32 Å². The summed E-state index contributed by atoms with van der Waals surface area (Å²) in [5.41, 5.74) is 3.57. The standard InChI is InChI=1S/C23H33ClN2O/c1-6-23(3,20-15-18(24)11-13-21(20)25-4)14-8-9-17-10-12-19(26-7-2)16-22(17)27-5/h8-13,15,19,25-26H,6-7,14,16H2,1-5H3/b9-8+. The molecule has 0 aromatic heterocycles. The number of likely N-dealkylation sites (N-methyl/N-ethyl adjacent to an activating group) is 1. The van der Waals surface area contributed by atoms with Crippen LogP contribution in [0, 0.1) is 0 Å². The molecule has 3 nitrogen and oxygen atoms in total. The number of allylic oxidation sites excluding steroid dienone is 4. The molecule has 2 unspecified atom stereocenters. The van der Waals surface area contributed by atoms with Gasteiger partial charge in [-0.05, 0) is 48.6 Å². The van der Waals surface area contributed by atoms with Gasteiger partial charge in [0.25, 0.3) is 0 Å². The molecule has 1 aliphatic carbocycles. The van der Waals surface area contributed by atoms with E-state index in [1.54, 1.807) is 7.11 Å². The van der Waals surface area contributed by atoms with Crippen LogP contribution in [0.2, 0.25) is 5.02 Å². The van der Waals surface area contributed by atoms with Crippen molar-refractivity contribution in [3.05, 3.63) is 64.4 Å². The van der Waals surface area contributed by atoms with Crippen LogP contribution in [-0.2, 0) is 10.2 Å². The topological polar surface area (TPSA) is 33.3 Å². The van der Waals surface area contributed by atoms with Crippen molar-refractivity contribution in [2.24, 2.45) is 0 Å². The van der Waals surface area contributed by atoms with Crippen molar-refractivity contribution in [3.8, 4) is 0 Å². The first-order chi connectivity index (χ1) is 13.0. The Morgan fingerprint density at radius 1 is 1.33 bits per heavy atom. The zero-order valence-electron chi connectivity index (χ0n) is 17.2. The van der Waals surface area contributed by atoms with E-state index in [9.17, 15) is 0 Å². The number of methoxy groups -OCH3 is 1. The fourth-order valence-electron chi connectivity index (χ4n) is 3.58. The second kappa shape index (κ2) is 10.0. The van der Waals surface area contributed by atoms with Gasteiger partial charge >= 0.3 is 0 Å². The highest BCUT2D eigenvalue weighted by Gasteiger charge is 2.26. The van der Waals surface area contributed by atoms with Gasteiger partial charge in [-0.15, -0.1) is 0 Å². The Balaban J connectivity index is 2.20. The van der Waals surface area contributed by atoms with Gasteiger partial charge in [-0.1, -0.05) is 56.7 Å². The van der Waals surface area contributed by atoms with Crippen molar-refractivity contribution < 1.29 is 4.74 Å². The molecule has 0 fully saturated rings. The Bertz CT molecular complexity index is 723. The minimum atomic E-state index is 0.0121. The van der Waals surface area contributed by atoms with E-state index in [1.165, 1.54) is 5.56 Å². The first-order valence-corrected chi connectivity index (χ1v) is 10.2. The van der Waals surface area contributed by atoms with Crippen LogP contribution in [0.4, 0.5) is 5.69 Å². The predicted molar refractivity (Wildman–Crippen MR) is 118 cm³/mol. The van der Waals surface area contributed by atoms with E-state index in [1.807, 2.05) is 13.1 Å². The van der Waals surface area contributed by atoms with Gasteiger partial charge in [0.1, 0.15) is 5.76 Å². The Morgan fingerprint density at radius 2 is 2.11 bits per heavy atom. The predicted octanol–water partition coefficient (Wildman–Crippen LogP) is 5.83. The molecule has 1 aliphatic rings. The quantitative estimate of drug-likeness (QED) is 0.558. The van der Waals surface area contributed by atoms with E-state index in [4.69, 9.17) is 16.3 Å². The number of anilines is 1. The number of rotatable bonds is 9. The summed E-state index contributed by atoms with van der Waals surface area (Å²) in [5.74, 6) is 1.04. The third-order valence-electron chi connectivity index (χ3n) is 5.50. The molecule has 1 aromatic carbocycles. The monoisotopic (exact) mass is 388 g/mol. The summed E-state index contributed by atoms with van der Waals surface area (Å²) >= 11 is 6.28. The lowest BCUT2D eigenvalue weighted by Gasteiger charge is -2.30. The molecule has 2 rings (SSSR count). The van der Waals surface area contributed by atoms with Crippen LogP contribution >= 0.6 is 11.6 Å². The van der Waals surface area contributed by atoms with Crippen molar-refractivity contribution in [2.75, 3.05) is 26.0 Å². The molecule has 2 atom stereocenters. The minimum absolute atomic E-state index is 0.0121. The van der Waals surface area contributed by atoms with Gasteiger partial charge < -0.3 is 15.4 Å². The van der Waals surface area contributed by atoms with Gasteiger partial charge in [-0.2, -0.15) is 0 Å². The second-order valence-corrected chi connectivity index (χ2v) is 7.71. The molecule has 0 spiro atoms. The average Bonchev–Trinajstić information content (AvgIpc) is 2.68. The fourth-order valence-corrected chi connectivity index (χ4v) is 3.75. The second-order valence-electron chi connectivity index (χ2n) is 7.27. The number of nitrogens with one attached hydrogen (secondary N) is 2. The van der Waals surface area contributed by atoms with Crippen molar-refractivity contribution in [1.29, 1.82) is 0 Å². The van der Waals surface area contributed by atoms with Gasteiger partial charge in [0, 0.05) is 35.8 Å². The highest BCUT2D eigenvalue weighted by molar-refractivity contribution is 6.30. The maximum absolute atomic E-state index is 6.28. The number of hydrogen-bond donors (Lipinski definition) is 2. The van der Waals surface area contributed by atoms with E-state index in [0.29, 0.717) is 6.04 Å². The molecule has 4 heteroatoms. The summed E-state index contributed by atoms with van der Waals surface area (Å²) in [6, 6.07) is 6.44. The number of benzene rings is 1. The van der Waals surface area contributed by atoms with Gasteiger partial charge in [-0.3, -0.25) is 0 Å². The number of ether oxygens (including phenoxy) is 1. The average molecular weight is 389 g/mol. The van der Waals surface area contributed by atoms with Gasteiger partial charge in [0.15, 0.2) is 0 Å². The molecule has 0 saturated carbocycles. The van der Waals surface area contributed by atoms with Gasteiger partial charge in [0.2, 0.25) is 0 Å². The first kappa shape index (κ1) is 21.6. The van der Waals surface area contributed by atoms with E-state index >= 15 is 0 Å². The molecule has 0 amide bonds. The van der Waals surface area contributed by atoms with Crippen LogP contribution < -0.4 is 10.6 Å². The van der Waals surface area contributed by atoms with Crippen LogP contribution in [-0.4, -0.2) is 26.7 Å². The lowest BCUT2D eigenvalue weighted by molar-refractivity contribution is 0.265. The smallest absolute Gasteiger partial charge is 0.105 e. The molecular weight excluding hydrogens is 356 g/mol. The van der Waals surface area contributed by atoms with Crippen molar-refractivity contribution in [3.63, 3.8) is 0 Å². The van der Waals surface area contributed by atoms with Crippen LogP contribution in [0.1, 0.15) is 45.6 Å². The van der Waals surface area contributed by atoms with Crippen molar-refractivity contribution >= 4 is 17.3 Å². The highest BCUT2D eigenvalue weighted by atomic mass is 35.5. The summed E-state index contributed by atoms with van der Waals surface area (Å²) in [6.45, 7) is 7.61. The molecule has 148 valence electrons. The van der Waals surface area contributed by atoms with Crippen LogP contribution in [0.15, 0.2) is 53.8 Å². The van der Waals surface area contributed by atoms with Crippen LogP contribution in [0.3, 0.4) is 0 Å². The molecule has 2 N–H and O–H groups in total. The van der Waals surface area contributed by atoms with Gasteiger partial charge in [0.05, 0.1) is 7.11 Å². The summed E-state index contributed by atoms with van der Waals surface area (Å²) < 4.78 is 5.64. The molecule has 27 heavy (non-hydrogen) atoms. The van der Waals surface area contributed by atoms with Crippen LogP contribution in [0.25, 0.3) is 0 Å².